The van der Waals surface area contributed by atoms with Crippen LogP contribution in [0.15, 0.2) is 18.2 Å². The van der Waals surface area contributed by atoms with Crippen LogP contribution in [0.1, 0.15) is 42.5 Å². The van der Waals surface area contributed by atoms with E-state index in [1.807, 2.05) is 0 Å². The highest BCUT2D eigenvalue weighted by atomic mass is 19.1. The number of hydrogen-bond donors (Lipinski definition) is 1. The number of carbonyl (C=O) groups excluding carboxylic acids is 1. The average Bonchev–Trinajstić information content (AvgIpc) is 2.97. The van der Waals surface area contributed by atoms with Gasteiger partial charge in [0.05, 0.1) is 12.5 Å². The molecule has 2 aromatic rings. The predicted molar refractivity (Wildman–Crippen MR) is 79.5 cm³/mol. The number of nitrogens with zero attached hydrogens (tertiary/aromatic N) is 3. The molecule has 7 heteroatoms. The molecule has 2 heterocycles. The first-order chi connectivity index (χ1) is 11.1. The fourth-order valence-electron chi connectivity index (χ4n) is 2.96. The predicted octanol–water partition coefficient (Wildman–Crippen LogP) is 2.69. The SMILES string of the molecule is Cc1nc(C2CCCCN2C(=O)Cc2c(F)cccc2F)n[nH]1. The molecule has 1 aromatic carbocycles. The summed E-state index contributed by atoms with van der Waals surface area (Å²) in [6, 6.07) is 3.38. The van der Waals surface area contributed by atoms with Gasteiger partial charge in [0, 0.05) is 12.1 Å². The second-order valence-electron chi connectivity index (χ2n) is 5.75. The molecule has 1 aliphatic heterocycles. The number of carbonyl (C=O) groups is 1. The molecule has 1 saturated heterocycles. The molecule has 1 N–H and O–H groups in total. The largest absolute Gasteiger partial charge is 0.332 e. The van der Waals surface area contributed by atoms with Crippen molar-refractivity contribution in [1.82, 2.24) is 20.1 Å². The zero-order valence-corrected chi connectivity index (χ0v) is 12.9. The van der Waals surface area contributed by atoms with Crippen molar-refractivity contribution in [3.8, 4) is 0 Å². The van der Waals surface area contributed by atoms with E-state index in [0.717, 1.165) is 31.4 Å². The smallest absolute Gasteiger partial charge is 0.227 e. The lowest BCUT2D eigenvalue weighted by Gasteiger charge is -2.34. The number of benzene rings is 1. The molecule has 1 aliphatic rings. The summed E-state index contributed by atoms with van der Waals surface area (Å²) in [5.41, 5.74) is -0.187. The first-order valence-corrected chi connectivity index (χ1v) is 7.67. The molecular weight excluding hydrogens is 302 g/mol. The Morgan fingerprint density at radius 2 is 2.09 bits per heavy atom. The van der Waals surface area contributed by atoms with Gasteiger partial charge in [0.2, 0.25) is 5.91 Å². The average molecular weight is 320 g/mol. The first kappa shape index (κ1) is 15.6. The monoisotopic (exact) mass is 320 g/mol. The van der Waals surface area contributed by atoms with Gasteiger partial charge < -0.3 is 4.90 Å². The van der Waals surface area contributed by atoms with Crippen molar-refractivity contribution in [2.24, 2.45) is 0 Å². The van der Waals surface area contributed by atoms with Crippen molar-refractivity contribution < 1.29 is 13.6 Å². The molecule has 1 aromatic heterocycles. The number of nitrogens with one attached hydrogen (secondary N) is 1. The Morgan fingerprint density at radius 1 is 1.35 bits per heavy atom. The molecule has 1 amide bonds. The van der Waals surface area contributed by atoms with Crippen LogP contribution < -0.4 is 0 Å². The van der Waals surface area contributed by atoms with Gasteiger partial charge in [0.15, 0.2) is 5.82 Å². The standard InChI is InChI=1S/C16H18F2N4O/c1-10-19-16(21-20-10)14-7-2-3-8-22(14)15(23)9-11-12(17)5-4-6-13(11)18/h4-6,14H,2-3,7-9H2,1H3,(H,19,20,21). The Labute approximate surface area is 132 Å². The fourth-order valence-corrected chi connectivity index (χ4v) is 2.96. The van der Waals surface area contributed by atoms with Crippen LogP contribution in [-0.2, 0) is 11.2 Å². The van der Waals surface area contributed by atoms with Crippen molar-refractivity contribution in [2.45, 2.75) is 38.6 Å². The third kappa shape index (κ3) is 3.23. The van der Waals surface area contributed by atoms with Gasteiger partial charge in [-0.3, -0.25) is 9.89 Å². The lowest BCUT2D eigenvalue weighted by Crippen LogP contribution is -2.40. The number of aromatic amines is 1. The van der Waals surface area contributed by atoms with Crippen LogP contribution in [0, 0.1) is 18.6 Å². The van der Waals surface area contributed by atoms with E-state index in [0.29, 0.717) is 18.2 Å². The second kappa shape index (κ2) is 6.44. The number of amides is 1. The Bertz CT molecular complexity index is 696. The number of aromatic nitrogens is 3. The van der Waals surface area contributed by atoms with Crippen LogP contribution in [0.2, 0.25) is 0 Å². The maximum Gasteiger partial charge on any atom is 0.227 e. The summed E-state index contributed by atoms with van der Waals surface area (Å²) < 4.78 is 27.5. The van der Waals surface area contributed by atoms with Gasteiger partial charge in [-0.05, 0) is 38.3 Å². The van der Waals surface area contributed by atoms with Gasteiger partial charge >= 0.3 is 0 Å². The Balaban J connectivity index is 1.82. The Hall–Kier alpha value is -2.31. The molecule has 5 nitrogen and oxygen atoms in total. The molecule has 0 spiro atoms. The van der Waals surface area contributed by atoms with Crippen molar-refractivity contribution in [3.05, 3.63) is 47.0 Å². The summed E-state index contributed by atoms with van der Waals surface area (Å²) in [5.74, 6) is -0.454. The lowest BCUT2D eigenvalue weighted by atomic mass is 10.00. The van der Waals surface area contributed by atoms with Crippen LogP contribution in [0.25, 0.3) is 0 Å². The summed E-state index contributed by atoms with van der Waals surface area (Å²) in [6.07, 6.45) is 2.29. The molecular formula is C16H18F2N4O. The van der Waals surface area contributed by atoms with Gasteiger partial charge in [-0.25, -0.2) is 13.8 Å². The normalized spacial score (nSPS) is 18.2. The first-order valence-electron chi connectivity index (χ1n) is 7.67. The molecule has 0 aliphatic carbocycles. The van der Waals surface area contributed by atoms with E-state index in [1.54, 1.807) is 11.8 Å². The van der Waals surface area contributed by atoms with Gasteiger partial charge in [-0.2, -0.15) is 5.10 Å². The maximum absolute atomic E-state index is 13.8. The van der Waals surface area contributed by atoms with Crippen molar-refractivity contribution in [3.63, 3.8) is 0 Å². The van der Waals surface area contributed by atoms with Crippen molar-refractivity contribution in [1.29, 1.82) is 0 Å². The molecule has 122 valence electrons. The van der Waals surface area contributed by atoms with E-state index in [1.165, 1.54) is 6.07 Å². The summed E-state index contributed by atoms with van der Waals surface area (Å²) in [4.78, 5) is 18.5. The van der Waals surface area contributed by atoms with E-state index in [-0.39, 0.29) is 23.9 Å². The summed E-state index contributed by atoms with van der Waals surface area (Å²) in [7, 11) is 0. The number of likely N-dealkylation sites (tertiary alicyclic amines) is 1. The highest BCUT2D eigenvalue weighted by Gasteiger charge is 2.31. The maximum atomic E-state index is 13.8. The van der Waals surface area contributed by atoms with E-state index in [2.05, 4.69) is 15.2 Å². The van der Waals surface area contributed by atoms with Crippen LogP contribution >= 0.6 is 0 Å². The van der Waals surface area contributed by atoms with Crippen LogP contribution in [-0.4, -0.2) is 32.5 Å². The summed E-state index contributed by atoms with van der Waals surface area (Å²) in [5, 5.41) is 6.91. The lowest BCUT2D eigenvalue weighted by molar-refractivity contribution is -0.134. The molecule has 23 heavy (non-hydrogen) atoms. The van der Waals surface area contributed by atoms with E-state index in [4.69, 9.17) is 0 Å². The quantitative estimate of drug-likeness (QED) is 0.946. The number of H-pyrrole nitrogens is 1. The highest BCUT2D eigenvalue weighted by Crippen LogP contribution is 2.29. The van der Waals surface area contributed by atoms with Crippen molar-refractivity contribution in [2.75, 3.05) is 6.54 Å². The molecule has 3 rings (SSSR count). The molecule has 0 bridgehead atoms. The van der Waals surface area contributed by atoms with Crippen LogP contribution in [0.5, 0.6) is 0 Å². The van der Waals surface area contributed by atoms with Gasteiger partial charge in [-0.15, -0.1) is 0 Å². The Kier molecular flexibility index (Phi) is 4.36. The zero-order valence-electron chi connectivity index (χ0n) is 12.9. The minimum Gasteiger partial charge on any atom is -0.332 e. The number of piperidine rings is 1. The van der Waals surface area contributed by atoms with Crippen molar-refractivity contribution >= 4 is 5.91 Å². The molecule has 1 unspecified atom stereocenters. The molecule has 1 fully saturated rings. The summed E-state index contributed by atoms with van der Waals surface area (Å²) in [6.45, 7) is 2.34. The molecule has 0 saturated carbocycles. The Morgan fingerprint density at radius 3 is 2.74 bits per heavy atom. The minimum atomic E-state index is -0.694. The minimum absolute atomic E-state index is 0.187. The number of hydrogen-bond acceptors (Lipinski definition) is 3. The van der Waals surface area contributed by atoms with Gasteiger partial charge in [0.25, 0.3) is 0 Å². The molecule has 1 atom stereocenters. The van der Waals surface area contributed by atoms with Gasteiger partial charge in [0.1, 0.15) is 17.5 Å². The summed E-state index contributed by atoms with van der Waals surface area (Å²) >= 11 is 0. The molecule has 0 radical (unpaired) electrons. The van der Waals surface area contributed by atoms with E-state index >= 15 is 0 Å². The number of rotatable bonds is 3. The third-order valence-electron chi connectivity index (χ3n) is 4.13. The van der Waals surface area contributed by atoms with E-state index < -0.39 is 11.6 Å². The second-order valence-corrected chi connectivity index (χ2v) is 5.75. The topological polar surface area (TPSA) is 61.9 Å². The van der Waals surface area contributed by atoms with Crippen LogP contribution in [0.4, 0.5) is 8.78 Å². The fraction of sp³-hybridized carbons (Fsp3) is 0.438. The van der Waals surface area contributed by atoms with Crippen LogP contribution in [0.3, 0.4) is 0 Å². The zero-order chi connectivity index (χ0) is 16.4. The number of aryl methyl sites for hydroxylation is 1. The third-order valence-corrected chi connectivity index (χ3v) is 4.13. The van der Waals surface area contributed by atoms with Gasteiger partial charge in [-0.1, -0.05) is 6.07 Å². The number of halogens is 2. The highest BCUT2D eigenvalue weighted by molar-refractivity contribution is 5.79. The van der Waals surface area contributed by atoms with E-state index in [9.17, 15) is 13.6 Å².